The number of hydrogen-bond acceptors (Lipinski definition) is 3. The van der Waals surface area contributed by atoms with Gasteiger partial charge in [-0.3, -0.25) is 14.4 Å². The van der Waals surface area contributed by atoms with Crippen molar-refractivity contribution in [2.45, 2.75) is 20.8 Å². The van der Waals surface area contributed by atoms with Crippen LogP contribution in [0, 0.1) is 5.41 Å². The van der Waals surface area contributed by atoms with Crippen LogP contribution in [0.3, 0.4) is 0 Å². The predicted molar refractivity (Wildman–Crippen MR) is 103 cm³/mol. The average molecular weight is 374 g/mol. The molecule has 2 aromatic carbocycles. The lowest BCUT2D eigenvalue weighted by Gasteiger charge is -2.23. The van der Waals surface area contributed by atoms with Crippen molar-refractivity contribution in [1.82, 2.24) is 0 Å². The molecule has 26 heavy (non-hydrogen) atoms. The zero-order chi connectivity index (χ0) is 19.3. The zero-order valence-electron chi connectivity index (χ0n) is 14.7. The molecule has 2 aromatic rings. The molecular formula is C19H20ClN3O3. The van der Waals surface area contributed by atoms with Gasteiger partial charge in [0.25, 0.3) is 0 Å². The van der Waals surface area contributed by atoms with E-state index >= 15 is 0 Å². The van der Waals surface area contributed by atoms with Gasteiger partial charge in [-0.2, -0.15) is 0 Å². The standard InChI is InChI=1S/C19H20ClN3O3/c1-12(24)21-15-8-5-9-16(11-15)23-18(26)19(2,3)17(25)22-14-7-4-6-13(20)10-14/h4-11H,1-3H3,(H,21,24)(H,22,25)(H,23,26). The summed E-state index contributed by atoms with van der Waals surface area (Å²) in [4.78, 5) is 36.2. The summed E-state index contributed by atoms with van der Waals surface area (Å²) in [6.07, 6.45) is 0. The van der Waals surface area contributed by atoms with Crippen LogP contribution >= 0.6 is 11.6 Å². The molecular weight excluding hydrogens is 354 g/mol. The van der Waals surface area contributed by atoms with Crippen molar-refractivity contribution in [3.8, 4) is 0 Å². The van der Waals surface area contributed by atoms with Gasteiger partial charge in [-0.1, -0.05) is 23.7 Å². The highest BCUT2D eigenvalue weighted by Crippen LogP contribution is 2.24. The summed E-state index contributed by atoms with van der Waals surface area (Å²) < 4.78 is 0. The molecule has 0 aliphatic heterocycles. The Morgan fingerprint density at radius 2 is 1.27 bits per heavy atom. The molecule has 3 N–H and O–H groups in total. The van der Waals surface area contributed by atoms with Crippen LogP contribution in [-0.2, 0) is 14.4 Å². The molecule has 136 valence electrons. The number of anilines is 3. The van der Waals surface area contributed by atoms with E-state index in [2.05, 4.69) is 16.0 Å². The van der Waals surface area contributed by atoms with Crippen molar-refractivity contribution in [3.63, 3.8) is 0 Å². The van der Waals surface area contributed by atoms with Gasteiger partial charge < -0.3 is 16.0 Å². The monoisotopic (exact) mass is 373 g/mol. The Balaban J connectivity index is 2.09. The second-order valence-electron chi connectivity index (χ2n) is 6.31. The molecule has 0 saturated carbocycles. The van der Waals surface area contributed by atoms with Gasteiger partial charge in [0.15, 0.2) is 0 Å². The van der Waals surface area contributed by atoms with Crippen molar-refractivity contribution in [3.05, 3.63) is 53.6 Å². The topological polar surface area (TPSA) is 87.3 Å². The minimum absolute atomic E-state index is 0.213. The summed E-state index contributed by atoms with van der Waals surface area (Å²) >= 11 is 5.90. The number of nitrogens with one attached hydrogen (secondary N) is 3. The van der Waals surface area contributed by atoms with Gasteiger partial charge in [-0.05, 0) is 50.2 Å². The average Bonchev–Trinajstić information content (AvgIpc) is 2.54. The number of benzene rings is 2. The van der Waals surface area contributed by atoms with Crippen molar-refractivity contribution in [2.24, 2.45) is 5.41 Å². The van der Waals surface area contributed by atoms with E-state index < -0.39 is 17.2 Å². The smallest absolute Gasteiger partial charge is 0.239 e. The highest BCUT2D eigenvalue weighted by molar-refractivity contribution is 6.31. The third-order valence-corrected chi connectivity index (χ3v) is 3.89. The van der Waals surface area contributed by atoms with E-state index in [1.807, 2.05) is 0 Å². The Morgan fingerprint density at radius 3 is 1.77 bits per heavy atom. The molecule has 0 aliphatic carbocycles. The summed E-state index contributed by atoms with van der Waals surface area (Å²) in [5, 5.41) is 8.50. The Morgan fingerprint density at radius 1 is 0.808 bits per heavy atom. The van der Waals surface area contributed by atoms with Crippen LogP contribution in [0.5, 0.6) is 0 Å². The lowest BCUT2D eigenvalue weighted by molar-refractivity contribution is -0.135. The number of rotatable bonds is 5. The van der Waals surface area contributed by atoms with Crippen molar-refractivity contribution >= 4 is 46.4 Å². The number of amides is 3. The summed E-state index contributed by atoms with van der Waals surface area (Å²) in [5.41, 5.74) is 0.212. The van der Waals surface area contributed by atoms with Gasteiger partial charge in [0.1, 0.15) is 5.41 Å². The first-order chi connectivity index (χ1) is 12.2. The largest absolute Gasteiger partial charge is 0.326 e. The fourth-order valence-electron chi connectivity index (χ4n) is 2.12. The van der Waals surface area contributed by atoms with Crippen LogP contribution in [-0.4, -0.2) is 17.7 Å². The quantitative estimate of drug-likeness (QED) is 0.694. The van der Waals surface area contributed by atoms with Crippen LogP contribution < -0.4 is 16.0 Å². The highest BCUT2D eigenvalue weighted by Gasteiger charge is 2.36. The van der Waals surface area contributed by atoms with Crippen molar-refractivity contribution in [2.75, 3.05) is 16.0 Å². The minimum Gasteiger partial charge on any atom is -0.326 e. The van der Waals surface area contributed by atoms with Crippen LogP contribution in [0.4, 0.5) is 17.1 Å². The fraction of sp³-hybridized carbons (Fsp3) is 0.211. The molecule has 7 heteroatoms. The molecule has 0 radical (unpaired) electrons. The zero-order valence-corrected chi connectivity index (χ0v) is 15.5. The number of halogens is 1. The molecule has 0 spiro atoms. The number of hydrogen-bond donors (Lipinski definition) is 3. The van der Waals surface area contributed by atoms with Gasteiger partial charge in [0.05, 0.1) is 0 Å². The second-order valence-corrected chi connectivity index (χ2v) is 6.74. The van der Waals surface area contributed by atoms with Crippen molar-refractivity contribution < 1.29 is 14.4 Å². The summed E-state index contributed by atoms with van der Waals surface area (Å²) in [6, 6.07) is 13.4. The lowest BCUT2D eigenvalue weighted by atomic mass is 9.90. The Kier molecular flexibility index (Phi) is 6.00. The van der Waals surface area contributed by atoms with E-state index in [0.717, 1.165) is 0 Å². The first-order valence-corrected chi connectivity index (χ1v) is 8.32. The van der Waals surface area contributed by atoms with Gasteiger partial charge in [0, 0.05) is 29.0 Å². The molecule has 0 bridgehead atoms. The first-order valence-electron chi connectivity index (χ1n) is 7.94. The molecule has 3 amide bonds. The summed E-state index contributed by atoms with van der Waals surface area (Å²) in [5.74, 6) is -1.15. The molecule has 0 fully saturated rings. The van der Waals surface area contributed by atoms with E-state index in [4.69, 9.17) is 11.6 Å². The summed E-state index contributed by atoms with van der Waals surface area (Å²) in [7, 11) is 0. The van der Waals surface area contributed by atoms with Crippen LogP contribution in [0.1, 0.15) is 20.8 Å². The lowest BCUT2D eigenvalue weighted by Crippen LogP contribution is -2.41. The van der Waals surface area contributed by atoms with Crippen LogP contribution in [0.25, 0.3) is 0 Å². The maximum Gasteiger partial charge on any atom is 0.239 e. The van der Waals surface area contributed by atoms with Crippen molar-refractivity contribution in [1.29, 1.82) is 0 Å². The van der Waals surface area contributed by atoms with E-state index in [1.165, 1.54) is 20.8 Å². The fourth-order valence-corrected chi connectivity index (χ4v) is 2.31. The van der Waals surface area contributed by atoms with E-state index in [9.17, 15) is 14.4 Å². The predicted octanol–water partition coefficient (Wildman–Crippen LogP) is 3.90. The molecule has 0 heterocycles. The third-order valence-electron chi connectivity index (χ3n) is 3.66. The molecule has 0 aliphatic rings. The first kappa shape index (κ1) is 19.5. The van der Waals surface area contributed by atoms with Crippen LogP contribution in [0.15, 0.2) is 48.5 Å². The van der Waals surface area contributed by atoms with Gasteiger partial charge in [-0.15, -0.1) is 0 Å². The molecule has 6 nitrogen and oxygen atoms in total. The van der Waals surface area contributed by atoms with E-state index in [1.54, 1.807) is 48.5 Å². The van der Waals surface area contributed by atoms with E-state index in [0.29, 0.717) is 22.1 Å². The number of carbonyl (C=O) groups is 3. The van der Waals surface area contributed by atoms with Crippen LogP contribution in [0.2, 0.25) is 5.02 Å². The molecule has 2 rings (SSSR count). The molecule has 0 atom stereocenters. The SMILES string of the molecule is CC(=O)Nc1cccc(NC(=O)C(C)(C)C(=O)Nc2cccc(Cl)c2)c1. The maximum atomic E-state index is 12.6. The highest BCUT2D eigenvalue weighted by atomic mass is 35.5. The second kappa shape index (κ2) is 8.01. The molecule has 0 unspecified atom stereocenters. The van der Waals surface area contributed by atoms with Gasteiger partial charge >= 0.3 is 0 Å². The Hall–Kier alpha value is -2.86. The third kappa shape index (κ3) is 5.07. The normalized spacial score (nSPS) is 10.8. The van der Waals surface area contributed by atoms with E-state index in [-0.39, 0.29) is 5.91 Å². The summed E-state index contributed by atoms with van der Waals surface area (Å²) in [6.45, 7) is 4.45. The number of carbonyl (C=O) groups excluding carboxylic acids is 3. The Labute approximate surface area is 156 Å². The van der Waals surface area contributed by atoms with Gasteiger partial charge in [-0.25, -0.2) is 0 Å². The molecule has 0 aromatic heterocycles. The maximum absolute atomic E-state index is 12.6. The van der Waals surface area contributed by atoms with Gasteiger partial charge in [0.2, 0.25) is 17.7 Å². The minimum atomic E-state index is -1.33. The Bertz CT molecular complexity index is 849. The molecule has 0 saturated heterocycles.